The summed E-state index contributed by atoms with van der Waals surface area (Å²) in [5, 5.41) is 0. The van der Waals surface area contributed by atoms with Crippen LogP contribution in [0.25, 0.3) is 0 Å². The minimum atomic E-state index is -0.318. The van der Waals surface area contributed by atoms with Crippen LogP contribution >= 0.6 is 0 Å². The van der Waals surface area contributed by atoms with Crippen LogP contribution in [0.1, 0.15) is 12.8 Å². The highest BCUT2D eigenvalue weighted by Gasteiger charge is 1.98. The fourth-order valence-corrected chi connectivity index (χ4v) is 0.910. The Kier molecular flexibility index (Phi) is 6.60. The number of carbonyl (C=O) groups excluding carboxylic acids is 1. The van der Waals surface area contributed by atoms with Crippen molar-refractivity contribution in [2.75, 3.05) is 7.11 Å². The molecule has 0 aromatic carbocycles. The summed E-state index contributed by atoms with van der Waals surface area (Å²) >= 11 is 0. The Labute approximate surface area is 79.6 Å². The van der Waals surface area contributed by atoms with Gasteiger partial charge in [-0.25, -0.2) is 4.79 Å². The summed E-state index contributed by atoms with van der Waals surface area (Å²) in [7, 11) is 1.36. The van der Waals surface area contributed by atoms with E-state index in [0.717, 1.165) is 12.8 Å². The standard InChI is InChI=1S/C11H16O2/c1-4-7-10(5-2)8-6-9-11(12)13-3/h4-6,9-10H,1-2,7-8H2,3H3/b9-6+. The van der Waals surface area contributed by atoms with E-state index in [9.17, 15) is 4.79 Å². The third-order valence-corrected chi connectivity index (χ3v) is 1.70. The highest BCUT2D eigenvalue weighted by molar-refractivity contribution is 5.81. The number of hydrogen-bond donors (Lipinski definition) is 0. The number of allylic oxidation sites excluding steroid dienone is 3. The van der Waals surface area contributed by atoms with E-state index in [-0.39, 0.29) is 5.97 Å². The number of methoxy groups -OCH3 is 1. The molecule has 0 fully saturated rings. The third kappa shape index (κ3) is 5.91. The molecule has 0 heterocycles. The number of rotatable bonds is 6. The molecule has 0 bridgehead atoms. The van der Waals surface area contributed by atoms with Crippen LogP contribution in [0.15, 0.2) is 37.5 Å². The Hall–Kier alpha value is -1.31. The average Bonchev–Trinajstić information content (AvgIpc) is 2.16. The lowest BCUT2D eigenvalue weighted by Crippen LogP contribution is -1.96. The van der Waals surface area contributed by atoms with Gasteiger partial charge in [-0.2, -0.15) is 0 Å². The fourth-order valence-electron chi connectivity index (χ4n) is 0.910. The molecular weight excluding hydrogens is 164 g/mol. The van der Waals surface area contributed by atoms with E-state index in [1.165, 1.54) is 13.2 Å². The van der Waals surface area contributed by atoms with Gasteiger partial charge in [0, 0.05) is 6.08 Å². The molecule has 0 rings (SSSR count). The van der Waals surface area contributed by atoms with Gasteiger partial charge in [-0.05, 0) is 18.8 Å². The predicted molar refractivity (Wildman–Crippen MR) is 54.3 cm³/mol. The van der Waals surface area contributed by atoms with E-state index < -0.39 is 0 Å². The van der Waals surface area contributed by atoms with Gasteiger partial charge >= 0.3 is 5.97 Å². The van der Waals surface area contributed by atoms with Crippen molar-refractivity contribution < 1.29 is 9.53 Å². The van der Waals surface area contributed by atoms with Gasteiger partial charge in [0.25, 0.3) is 0 Å². The van der Waals surface area contributed by atoms with E-state index in [0.29, 0.717) is 5.92 Å². The maximum Gasteiger partial charge on any atom is 0.330 e. The van der Waals surface area contributed by atoms with Gasteiger partial charge in [-0.1, -0.05) is 18.2 Å². The molecule has 72 valence electrons. The molecule has 0 amide bonds. The first-order valence-electron chi connectivity index (χ1n) is 4.22. The monoisotopic (exact) mass is 180 g/mol. The number of hydrogen-bond acceptors (Lipinski definition) is 2. The van der Waals surface area contributed by atoms with Gasteiger partial charge in [0.15, 0.2) is 0 Å². The summed E-state index contributed by atoms with van der Waals surface area (Å²) in [5.41, 5.74) is 0. The van der Waals surface area contributed by atoms with E-state index >= 15 is 0 Å². The van der Waals surface area contributed by atoms with E-state index in [1.807, 2.05) is 12.2 Å². The average molecular weight is 180 g/mol. The zero-order valence-electron chi connectivity index (χ0n) is 8.03. The minimum absolute atomic E-state index is 0.318. The van der Waals surface area contributed by atoms with Crippen molar-refractivity contribution in [1.82, 2.24) is 0 Å². The first-order chi connectivity index (χ1) is 6.24. The van der Waals surface area contributed by atoms with E-state index in [4.69, 9.17) is 0 Å². The molecule has 0 aromatic rings. The van der Waals surface area contributed by atoms with Crippen LogP contribution in [0.2, 0.25) is 0 Å². The molecule has 0 aliphatic carbocycles. The van der Waals surface area contributed by atoms with E-state index in [2.05, 4.69) is 17.9 Å². The van der Waals surface area contributed by atoms with Gasteiger partial charge in [0.05, 0.1) is 7.11 Å². The topological polar surface area (TPSA) is 26.3 Å². The van der Waals surface area contributed by atoms with Gasteiger partial charge in [-0.15, -0.1) is 13.2 Å². The van der Waals surface area contributed by atoms with Gasteiger partial charge in [0.2, 0.25) is 0 Å². The van der Waals surface area contributed by atoms with Crippen LogP contribution < -0.4 is 0 Å². The molecule has 0 spiro atoms. The van der Waals surface area contributed by atoms with Crippen LogP contribution in [0, 0.1) is 5.92 Å². The third-order valence-electron chi connectivity index (χ3n) is 1.70. The summed E-state index contributed by atoms with van der Waals surface area (Å²) in [6.07, 6.45) is 8.61. The van der Waals surface area contributed by atoms with Gasteiger partial charge in [0.1, 0.15) is 0 Å². The summed E-state index contributed by atoms with van der Waals surface area (Å²) in [5.74, 6) is 0.0415. The number of ether oxygens (including phenoxy) is 1. The van der Waals surface area contributed by atoms with Gasteiger partial charge in [-0.3, -0.25) is 0 Å². The molecule has 2 nitrogen and oxygen atoms in total. The Balaban J connectivity index is 3.82. The molecule has 1 atom stereocenters. The minimum Gasteiger partial charge on any atom is -0.466 e. The molecule has 0 saturated carbocycles. The molecule has 1 unspecified atom stereocenters. The Bertz CT molecular complexity index is 204. The Morgan fingerprint density at radius 1 is 1.46 bits per heavy atom. The molecular formula is C11H16O2. The van der Waals surface area contributed by atoms with Gasteiger partial charge < -0.3 is 4.74 Å². The van der Waals surface area contributed by atoms with Crippen LogP contribution in [-0.4, -0.2) is 13.1 Å². The van der Waals surface area contributed by atoms with Crippen LogP contribution in [0.4, 0.5) is 0 Å². The smallest absolute Gasteiger partial charge is 0.330 e. The highest BCUT2D eigenvalue weighted by Crippen LogP contribution is 2.10. The summed E-state index contributed by atoms with van der Waals surface area (Å²) < 4.78 is 4.45. The van der Waals surface area contributed by atoms with Crippen molar-refractivity contribution in [3.05, 3.63) is 37.5 Å². The quantitative estimate of drug-likeness (QED) is 0.356. The van der Waals surface area contributed by atoms with Crippen molar-refractivity contribution in [2.45, 2.75) is 12.8 Å². The van der Waals surface area contributed by atoms with Crippen molar-refractivity contribution in [3.63, 3.8) is 0 Å². The molecule has 0 aliphatic rings. The largest absolute Gasteiger partial charge is 0.466 e. The van der Waals surface area contributed by atoms with Crippen LogP contribution in [0.3, 0.4) is 0 Å². The normalized spacial score (nSPS) is 12.4. The second kappa shape index (κ2) is 7.35. The van der Waals surface area contributed by atoms with E-state index in [1.54, 1.807) is 6.08 Å². The zero-order valence-corrected chi connectivity index (χ0v) is 8.03. The molecule has 0 N–H and O–H groups in total. The molecule has 0 saturated heterocycles. The van der Waals surface area contributed by atoms with Crippen molar-refractivity contribution in [1.29, 1.82) is 0 Å². The highest BCUT2D eigenvalue weighted by atomic mass is 16.5. The van der Waals surface area contributed by atoms with Crippen LogP contribution in [0.5, 0.6) is 0 Å². The lowest BCUT2D eigenvalue weighted by Gasteiger charge is -2.04. The predicted octanol–water partition coefficient (Wildman–Crippen LogP) is 2.48. The second-order valence-corrected chi connectivity index (χ2v) is 2.68. The Morgan fingerprint density at radius 3 is 2.62 bits per heavy atom. The van der Waals surface area contributed by atoms with Crippen LogP contribution in [-0.2, 0) is 9.53 Å². The molecule has 0 radical (unpaired) electrons. The molecule has 0 aliphatic heterocycles. The summed E-state index contributed by atoms with van der Waals surface area (Å²) in [6, 6.07) is 0. The molecule has 13 heavy (non-hydrogen) atoms. The lowest BCUT2D eigenvalue weighted by atomic mass is 10.0. The molecule has 0 aromatic heterocycles. The summed E-state index contributed by atoms with van der Waals surface area (Å²) in [4.78, 5) is 10.7. The maximum atomic E-state index is 10.7. The van der Waals surface area contributed by atoms with Crippen molar-refractivity contribution in [2.24, 2.45) is 5.92 Å². The Morgan fingerprint density at radius 2 is 2.15 bits per heavy atom. The maximum absolute atomic E-state index is 10.7. The molecule has 2 heteroatoms. The fraction of sp³-hybridized carbons (Fsp3) is 0.364. The number of carbonyl (C=O) groups is 1. The number of esters is 1. The zero-order chi connectivity index (χ0) is 10.1. The van der Waals surface area contributed by atoms with Crippen molar-refractivity contribution in [3.8, 4) is 0 Å². The summed E-state index contributed by atoms with van der Waals surface area (Å²) in [6.45, 7) is 7.34. The lowest BCUT2D eigenvalue weighted by molar-refractivity contribution is -0.134. The first-order valence-corrected chi connectivity index (χ1v) is 4.22. The SMILES string of the molecule is C=CCC(C=C)C/C=C/C(=O)OC. The second-order valence-electron chi connectivity index (χ2n) is 2.68. The first kappa shape index (κ1) is 11.7. The van der Waals surface area contributed by atoms with Crippen molar-refractivity contribution >= 4 is 5.97 Å².